The average molecular weight is 440 g/mol. The Bertz CT molecular complexity index is 913. The Morgan fingerprint density at radius 3 is 2.65 bits per heavy atom. The van der Waals surface area contributed by atoms with Crippen LogP contribution < -0.4 is 15.4 Å². The number of ether oxygens (including phenoxy) is 1. The summed E-state index contributed by atoms with van der Waals surface area (Å²) in [5.41, 5.74) is 1.99. The summed E-state index contributed by atoms with van der Waals surface area (Å²) in [5.74, 6) is 0.620. The van der Waals surface area contributed by atoms with Crippen molar-refractivity contribution in [3.63, 3.8) is 0 Å². The molecule has 0 aliphatic carbocycles. The van der Waals surface area contributed by atoms with Gasteiger partial charge in [0.2, 0.25) is 11.8 Å². The van der Waals surface area contributed by atoms with Gasteiger partial charge in [0.1, 0.15) is 5.75 Å². The molecular weight excluding hydrogens is 410 g/mol. The topological polar surface area (TPSA) is 70.7 Å². The Morgan fingerprint density at radius 2 is 1.90 bits per heavy atom. The maximum atomic E-state index is 12.7. The third-order valence-electron chi connectivity index (χ3n) is 5.90. The Labute approximate surface area is 187 Å². The lowest BCUT2D eigenvalue weighted by Gasteiger charge is -2.35. The number of nitrogens with one attached hydrogen (secondary N) is 2. The number of para-hydroxylation sites is 1. The minimum Gasteiger partial charge on any atom is -0.497 e. The van der Waals surface area contributed by atoms with E-state index in [4.69, 9.17) is 4.74 Å². The summed E-state index contributed by atoms with van der Waals surface area (Å²) in [4.78, 5) is 28.6. The van der Waals surface area contributed by atoms with Crippen LogP contribution in [0.3, 0.4) is 0 Å². The number of hydrogen-bond donors (Lipinski definition) is 2. The summed E-state index contributed by atoms with van der Waals surface area (Å²) in [6.45, 7) is 2.59. The van der Waals surface area contributed by atoms with Crippen LogP contribution in [-0.4, -0.2) is 48.7 Å². The standard InChI is InChI=1S/C24H29N3O3S/c1-30-18-11-9-17(10-12-18)20(27-13-5-2-6-14-27)16-25-23(28)15-22-24(29)26-19-7-3-4-8-21(19)31-22/h3-4,7-12,20,22H,2,5-6,13-16H2,1H3,(H,25,28)(H,26,29)/t20-,22-/m1/s1. The van der Waals surface area contributed by atoms with Gasteiger partial charge < -0.3 is 15.4 Å². The van der Waals surface area contributed by atoms with Crippen LogP contribution in [0.2, 0.25) is 0 Å². The molecule has 164 valence electrons. The molecule has 2 amide bonds. The van der Waals surface area contributed by atoms with Gasteiger partial charge in [-0.15, -0.1) is 11.8 Å². The van der Waals surface area contributed by atoms with E-state index in [0.717, 1.165) is 29.4 Å². The molecule has 0 spiro atoms. The number of nitrogens with zero attached hydrogens (tertiary/aromatic N) is 1. The molecule has 0 radical (unpaired) electrons. The first-order valence-electron chi connectivity index (χ1n) is 10.9. The van der Waals surface area contributed by atoms with Gasteiger partial charge >= 0.3 is 0 Å². The van der Waals surface area contributed by atoms with Crippen LogP contribution in [0.1, 0.15) is 37.3 Å². The highest BCUT2D eigenvalue weighted by atomic mass is 32.2. The highest BCUT2D eigenvalue weighted by molar-refractivity contribution is 8.01. The number of amides is 2. The maximum Gasteiger partial charge on any atom is 0.238 e. The SMILES string of the molecule is COc1ccc([C@@H](CNC(=O)C[C@H]2Sc3ccccc3NC2=O)N2CCCCC2)cc1. The zero-order valence-electron chi connectivity index (χ0n) is 17.8. The highest BCUT2D eigenvalue weighted by Gasteiger charge is 2.29. The number of benzene rings is 2. The summed E-state index contributed by atoms with van der Waals surface area (Å²) < 4.78 is 5.29. The summed E-state index contributed by atoms with van der Waals surface area (Å²) in [6.07, 6.45) is 3.78. The van der Waals surface area contributed by atoms with Crippen LogP contribution in [0.15, 0.2) is 53.4 Å². The minimum absolute atomic E-state index is 0.0949. The molecule has 6 nitrogen and oxygen atoms in total. The number of piperidine rings is 1. The smallest absolute Gasteiger partial charge is 0.238 e. The second-order valence-electron chi connectivity index (χ2n) is 7.99. The first-order valence-corrected chi connectivity index (χ1v) is 11.7. The van der Waals surface area contributed by atoms with Crippen molar-refractivity contribution in [3.05, 3.63) is 54.1 Å². The Balaban J connectivity index is 1.39. The molecule has 2 aromatic rings. The molecule has 0 aromatic heterocycles. The molecule has 0 bridgehead atoms. The normalized spacial score (nSPS) is 19.8. The lowest BCUT2D eigenvalue weighted by Crippen LogP contribution is -2.42. The van der Waals surface area contributed by atoms with Crippen molar-refractivity contribution >= 4 is 29.3 Å². The first kappa shape index (κ1) is 21.7. The molecule has 1 fully saturated rings. The van der Waals surface area contributed by atoms with Crippen LogP contribution in [0.25, 0.3) is 0 Å². The Kier molecular flexibility index (Phi) is 7.14. The van der Waals surface area contributed by atoms with Gasteiger partial charge in [0, 0.05) is 17.9 Å². The van der Waals surface area contributed by atoms with E-state index in [0.29, 0.717) is 6.54 Å². The van der Waals surface area contributed by atoms with E-state index in [1.54, 1.807) is 7.11 Å². The summed E-state index contributed by atoms with van der Waals surface area (Å²) in [7, 11) is 1.66. The molecule has 31 heavy (non-hydrogen) atoms. The van der Waals surface area contributed by atoms with Gasteiger partial charge in [0.15, 0.2) is 0 Å². The molecule has 7 heteroatoms. The van der Waals surface area contributed by atoms with Gasteiger partial charge in [-0.1, -0.05) is 30.7 Å². The van der Waals surface area contributed by atoms with Crippen molar-refractivity contribution in [1.29, 1.82) is 0 Å². The predicted octanol–water partition coefficient (Wildman–Crippen LogP) is 3.84. The molecular formula is C24H29N3O3S. The molecule has 2 aliphatic rings. The van der Waals surface area contributed by atoms with E-state index >= 15 is 0 Å². The number of thioether (sulfide) groups is 1. The lowest BCUT2D eigenvalue weighted by molar-refractivity contribution is -0.124. The average Bonchev–Trinajstić information content (AvgIpc) is 2.81. The first-order chi connectivity index (χ1) is 15.1. The van der Waals surface area contributed by atoms with Crippen LogP contribution in [0.4, 0.5) is 5.69 Å². The Hall–Kier alpha value is -2.51. The third-order valence-corrected chi connectivity index (χ3v) is 7.18. The number of hydrogen-bond acceptors (Lipinski definition) is 5. The summed E-state index contributed by atoms with van der Waals surface area (Å²) in [6, 6.07) is 15.9. The maximum absolute atomic E-state index is 12.7. The molecule has 2 aromatic carbocycles. The molecule has 0 unspecified atom stereocenters. The molecule has 2 aliphatic heterocycles. The van der Waals surface area contributed by atoms with Gasteiger partial charge in [0.05, 0.1) is 24.1 Å². The molecule has 0 saturated carbocycles. The fourth-order valence-electron chi connectivity index (χ4n) is 4.19. The van der Waals surface area contributed by atoms with E-state index in [-0.39, 0.29) is 24.3 Å². The quantitative estimate of drug-likeness (QED) is 0.686. The third kappa shape index (κ3) is 5.40. The summed E-state index contributed by atoms with van der Waals surface area (Å²) in [5, 5.41) is 5.59. The second-order valence-corrected chi connectivity index (χ2v) is 9.23. The summed E-state index contributed by atoms with van der Waals surface area (Å²) >= 11 is 1.46. The number of carbonyl (C=O) groups is 2. The van der Waals surface area contributed by atoms with Gasteiger partial charge in [-0.3, -0.25) is 14.5 Å². The highest BCUT2D eigenvalue weighted by Crippen LogP contribution is 2.36. The van der Waals surface area contributed by atoms with Gasteiger partial charge in [0.25, 0.3) is 0 Å². The van der Waals surface area contributed by atoms with Crippen LogP contribution in [0, 0.1) is 0 Å². The van der Waals surface area contributed by atoms with Crippen molar-refractivity contribution in [3.8, 4) is 5.75 Å². The minimum atomic E-state index is -0.413. The van der Waals surface area contributed by atoms with Crippen LogP contribution >= 0.6 is 11.8 Å². The number of fused-ring (bicyclic) bond motifs is 1. The van der Waals surface area contributed by atoms with E-state index < -0.39 is 5.25 Å². The monoisotopic (exact) mass is 439 g/mol. The van der Waals surface area contributed by atoms with Crippen molar-refractivity contribution in [2.24, 2.45) is 0 Å². The number of methoxy groups -OCH3 is 1. The van der Waals surface area contributed by atoms with Crippen molar-refractivity contribution in [1.82, 2.24) is 10.2 Å². The molecule has 2 N–H and O–H groups in total. The van der Waals surface area contributed by atoms with Crippen LogP contribution in [-0.2, 0) is 9.59 Å². The van der Waals surface area contributed by atoms with Gasteiger partial charge in [-0.25, -0.2) is 0 Å². The van der Waals surface area contributed by atoms with Crippen molar-refractivity contribution in [2.75, 3.05) is 32.1 Å². The van der Waals surface area contributed by atoms with E-state index in [9.17, 15) is 9.59 Å². The molecule has 1 saturated heterocycles. The fraction of sp³-hybridized carbons (Fsp3) is 0.417. The number of rotatable bonds is 7. The van der Waals surface area contributed by atoms with Gasteiger partial charge in [-0.2, -0.15) is 0 Å². The van der Waals surface area contributed by atoms with E-state index in [2.05, 4.69) is 27.7 Å². The number of anilines is 1. The largest absolute Gasteiger partial charge is 0.497 e. The number of carbonyl (C=O) groups excluding carboxylic acids is 2. The molecule has 2 heterocycles. The van der Waals surface area contributed by atoms with Crippen molar-refractivity contribution < 1.29 is 14.3 Å². The van der Waals surface area contributed by atoms with E-state index in [1.165, 1.54) is 36.6 Å². The second kappa shape index (κ2) is 10.2. The molecule has 2 atom stereocenters. The zero-order valence-corrected chi connectivity index (χ0v) is 18.6. The van der Waals surface area contributed by atoms with E-state index in [1.807, 2.05) is 36.4 Å². The van der Waals surface area contributed by atoms with Crippen LogP contribution in [0.5, 0.6) is 5.75 Å². The van der Waals surface area contributed by atoms with Gasteiger partial charge in [-0.05, 0) is 55.8 Å². The molecule has 4 rings (SSSR count). The fourth-order valence-corrected chi connectivity index (χ4v) is 5.30. The number of likely N-dealkylation sites (tertiary alicyclic amines) is 1. The zero-order chi connectivity index (χ0) is 21.6. The predicted molar refractivity (Wildman–Crippen MR) is 124 cm³/mol. The van der Waals surface area contributed by atoms with Crippen molar-refractivity contribution in [2.45, 2.75) is 41.9 Å². The lowest BCUT2D eigenvalue weighted by atomic mass is 10.0. The Morgan fingerprint density at radius 1 is 1.16 bits per heavy atom.